The maximum atomic E-state index is 13.9. The van der Waals surface area contributed by atoms with Crippen molar-refractivity contribution in [1.82, 2.24) is 25.2 Å². The minimum Gasteiger partial charge on any atom is -0.496 e. The van der Waals surface area contributed by atoms with Crippen LogP contribution in [0.3, 0.4) is 0 Å². The molecular formula is C36H52N6O7S2Si. The van der Waals surface area contributed by atoms with E-state index < -0.39 is 42.3 Å². The second-order valence-electron chi connectivity index (χ2n) is 14.9. The number of methoxy groups -OCH3 is 1. The molecule has 0 spiro atoms. The van der Waals surface area contributed by atoms with Crippen molar-refractivity contribution in [1.29, 1.82) is 5.41 Å². The minimum absolute atomic E-state index is 0.0557. The molecule has 2 amide bonds. The van der Waals surface area contributed by atoms with Gasteiger partial charge < -0.3 is 24.7 Å². The van der Waals surface area contributed by atoms with Gasteiger partial charge in [-0.1, -0.05) is 32.9 Å². The number of fused-ring (bicyclic) bond motifs is 1. The number of Topliss-reactive ketones (excluding diaryl/α,β-unsaturated/α-hetero) is 1. The molecule has 0 saturated carbocycles. The second kappa shape index (κ2) is 16.0. The highest BCUT2D eigenvalue weighted by Gasteiger charge is 2.45. The number of aromatic nitrogens is 1. The first-order valence-electron chi connectivity index (χ1n) is 17.3. The molecule has 4 N–H and O–H groups in total. The number of likely N-dealkylation sites (tertiary alicyclic amines) is 1. The van der Waals surface area contributed by atoms with Crippen LogP contribution in [0.2, 0.25) is 18.1 Å². The highest BCUT2D eigenvalue weighted by atomic mass is 32.2. The summed E-state index contributed by atoms with van der Waals surface area (Å²) in [7, 11) is -4.77. The van der Waals surface area contributed by atoms with Crippen molar-refractivity contribution in [3.05, 3.63) is 52.0 Å². The average Bonchev–Trinajstić information content (AvgIpc) is 3.67. The number of nitrogens with zero attached hydrogens (tertiary/aromatic N) is 2. The Morgan fingerprint density at radius 1 is 1.13 bits per heavy atom. The van der Waals surface area contributed by atoms with Crippen LogP contribution >= 0.6 is 11.3 Å². The molecule has 0 aliphatic carbocycles. The largest absolute Gasteiger partial charge is 0.496 e. The average molecular weight is 773 g/mol. The number of benzene rings is 2. The summed E-state index contributed by atoms with van der Waals surface area (Å²) >= 11 is 1.24. The molecule has 13 nitrogen and oxygen atoms in total. The Kier molecular flexibility index (Phi) is 12.6. The number of sulfonamides is 1. The molecule has 1 unspecified atom stereocenters. The van der Waals surface area contributed by atoms with Crippen molar-refractivity contribution in [3.8, 4) is 5.75 Å². The number of carbonyl (C=O) groups is 3. The predicted molar refractivity (Wildman–Crippen MR) is 206 cm³/mol. The van der Waals surface area contributed by atoms with Crippen molar-refractivity contribution in [2.24, 2.45) is 0 Å². The van der Waals surface area contributed by atoms with Crippen LogP contribution in [0.1, 0.15) is 73.4 Å². The van der Waals surface area contributed by atoms with Crippen LogP contribution in [0, 0.1) is 26.2 Å². The summed E-state index contributed by atoms with van der Waals surface area (Å²) in [4.78, 5) is 46.6. The first-order valence-corrected chi connectivity index (χ1v) is 22.5. The molecule has 284 valence electrons. The molecule has 3 aromatic rings. The van der Waals surface area contributed by atoms with E-state index in [1.54, 1.807) is 26.8 Å². The fourth-order valence-electron chi connectivity index (χ4n) is 6.12. The van der Waals surface area contributed by atoms with Crippen molar-refractivity contribution in [2.75, 3.05) is 20.2 Å². The van der Waals surface area contributed by atoms with Crippen LogP contribution in [0.25, 0.3) is 10.2 Å². The van der Waals surface area contributed by atoms with Gasteiger partial charge in [0.15, 0.2) is 13.3 Å². The lowest BCUT2D eigenvalue weighted by Crippen LogP contribution is -2.50. The lowest BCUT2D eigenvalue weighted by atomic mass is 10.1. The number of amides is 2. The SMILES string of the molecule is COc1cc(C)c(S(=O)(=O)NC(=N)NCCCC(NC(=O)[C@@H]2C[C@@H](O[Si](C)(C)C(C)(C)C)CN2C(C)=O)C(=O)c2nc3ccccc3s2)c(C)c1C. The quantitative estimate of drug-likeness (QED) is 0.0598. The molecule has 0 radical (unpaired) electrons. The van der Waals surface area contributed by atoms with Gasteiger partial charge in [0.25, 0.3) is 10.0 Å². The van der Waals surface area contributed by atoms with Gasteiger partial charge in [-0.2, -0.15) is 0 Å². The zero-order valence-corrected chi connectivity index (χ0v) is 34.4. The van der Waals surface area contributed by atoms with Crippen molar-refractivity contribution in [2.45, 2.75) is 109 Å². The minimum atomic E-state index is -4.10. The summed E-state index contributed by atoms with van der Waals surface area (Å²) in [5.41, 5.74) is 2.36. The fourth-order valence-corrected chi connectivity index (χ4v) is 9.92. The number of nitrogens with one attached hydrogen (secondary N) is 4. The predicted octanol–water partition coefficient (Wildman–Crippen LogP) is 5.19. The first-order chi connectivity index (χ1) is 24.2. The van der Waals surface area contributed by atoms with Crippen LogP contribution in [0.15, 0.2) is 35.2 Å². The van der Waals surface area contributed by atoms with Crippen LogP contribution in [0.5, 0.6) is 5.75 Å². The number of ketones is 1. The van der Waals surface area contributed by atoms with E-state index in [2.05, 4.69) is 54.2 Å². The summed E-state index contributed by atoms with van der Waals surface area (Å²) in [5, 5.41) is 14.2. The van der Waals surface area contributed by atoms with E-state index in [-0.39, 0.29) is 52.2 Å². The third-order valence-electron chi connectivity index (χ3n) is 10.0. The van der Waals surface area contributed by atoms with Gasteiger partial charge in [0.1, 0.15) is 11.8 Å². The zero-order valence-electron chi connectivity index (χ0n) is 31.7. The van der Waals surface area contributed by atoms with Gasteiger partial charge in [0, 0.05) is 26.4 Å². The zero-order chi connectivity index (χ0) is 38.8. The Morgan fingerprint density at radius 2 is 1.81 bits per heavy atom. The van der Waals surface area contributed by atoms with E-state index >= 15 is 0 Å². The van der Waals surface area contributed by atoms with Gasteiger partial charge in [0.05, 0.1) is 34.4 Å². The van der Waals surface area contributed by atoms with Gasteiger partial charge in [-0.3, -0.25) is 19.8 Å². The van der Waals surface area contributed by atoms with Crippen LogP contribution < -0.4 is 20.1 Å². The molecule has 1 aromatic heterocycles. The molecule has 1 aliphatic rings. The highest BCUT2D eigenvalue weighted by Crippen LogP contribution is 2.39. The van der Waals surface area contributed by atoms with E-state index in [1.807, 2.05) is 24.3 Å². The molecule has 16 heteroatoms. The molecule has 3 atom stereocenters. The molecule has 1 fully saturated rings. The number of guanidine groups is 1. The molecule has 52 heavy (non-hydrogen) atoms. The summed E-state index contributed by atoms with van der Waals surface area (Å²) in [5.74, 6) is -0.930. The van der Waals surface area contributed by atoms with Crippen molar-refractivity contribution >= 4 is 63.5 Å². The topological polar surface area (TPSA) is 180 Å². The Bertz CT molecular complexity index is 1920. The highest BCUT2D eigenvalue weighted by molar-refractivity contribution is 7.90. The number of ether oxygens (including phenoxy) is 1. The number of thiazole rings is 1. The normalized spacial score (nSPS) is 17.2. The first kappa shape index (κ1) is 40.9. The number of hydrogen-bond acceptors (Lipinski definition) is 10. The summed E-state index contributed by atoms with van der Waals surface area (Å²) in [6.45, 7) is 17.6. The summed E-state index contributed by atoms with van der Waals surface area (Å²) in [6.07, 6.45) is 0.460. The maximum Gasteiger partial charge on any atom is 0.264 e. The fraction of sp³-hybridized carbons (Fsp3) is 0.528. The Labute approximate surface area is 311 Å². The maximum absolute atomic E-state index is 13.9. The van der Waals surface area contributed by atoms with E-state index in [0.717, 1.165) is 4.70 Å². The lowest BCUT2D eigenvalue weighted by molar-refractivity contribution is -0.137. The lowest BCUT2D eigenvalue weighted by Gasteiger charge is -2.38. The molecule has 1 saturated heterocycles. The Balaban J connectivity index is 1.47. The van der Waals surface area contributed by atoms with Gasteiger partial charge in [-0.15, -0.1) is 11.3 Å². The third kappa shape index (κ3) is 9.19. The molecule has 4 rings (SSSR count). The van der Waals surface area contributed by atoms with Crippen LogP contribution in [0.4, 0.5) is 0 Å². The monoisotopic (exact) mass is 772 g/mol. The van der Waals surface area contributed by atoms with Gasteiger partial charge >= 0.3 is 0 Å². The van der Waals surface area contributed by atoms with E-state index in [0.29, 0.717) is 40.8 Å². The third-order valence-corrected chi connectivity index (χ3v) is 17.3. The van der Waals surface area contributed by atoms with Crippen LogP contribution in [-0.4, -0.2) is 88.6 Å². The Morgan fingerprint density at radius 3 is 2.42 bits per heavy atom. The molecule has 2 aromatic carbocycles. The van der Waals surface area contributed by atoms with Crippen molar-refractivity contribution in [3.63, 3.8) is 0 Å². The molecule has 1 aliphatic heterocycles. The molecular weight excluding hydrogens is 721 g/mol. The second-order valence-corrected chi connectivity index (χ2v) is 22.3. The number of rotatable bonds is 13. The molecule has 2 heterocycles. The van der Waals surface area contributed by atoms with Crippen LogP contribution in [-0.2, 0) is 24.0 Å². The van der Waals surface area contributed by atoms with E-state index in [4.69, 9.17) is 14.6 Å². The van der Waals surface area contributed by atoms with Crippen molar-refractivity contribution < 1.29 is 32.0 Å². The van der Waals surface area contributed by atoms with Gasteiger partial charge in [-0.25, -0.2) is 18.1 Å². The smallest absolute Gasteiger partial charge is 0.264 e. The number of aryl methyl sites for hydroxylation is 1. The molecule has 0 bridgehead atoms. The number of para-hydroxylation sites is 1. The van der Waals surface area contributed by atoms with E-state index in [9.17, 15) is 22.8 Å². The Hall–Kier alpha value is -3.86. The summed E-state index contributed by atoms with van der Waals surface area (Å²) < 4.78 is 41.7. The van der Waals surface area contributed by atoms with Gasteiger partial charge in [-0.05, 0) is 86.6 Å². The van der Waals surface area contributed by atoms with E-state index in [1.165, 1.54) is 30.3 Å². The summed E-state index contributed by atoms with van der Waals surface area (Å²) in [6, 6.07) is 7.23. The number of hydrogen-bond donors (Lipinski definition) is 4. The standard InChI is InChI=1S/C36H52N6O7S2Si/c1-21-18-29(48-8)22(2)23(3)32(21)51(46,47)41-35(37)38-17-13-15-27(31(44)34-40-26-14-11-12-16-30(26)50-34)39-33(45)28-19-25(20-42(28)24(4)43)49-52(9,10)36(5,6)7/h11-12,14,16,18,25,27-28H,13,15,17,19-20H2,1-10H3,(H,39,45)(H3,37,38,41)/t25-,27?,28+/m1/s1. The van der Waals surface area contributed by atoms with Gasteiger partial charge in [0.2, 0.25) is 23.6 Å². The number of carbonyl (C=O) groups excluding carboxylic acids is 3.